The van der Waals surface area contributed by atoms with Gasteiger partial charge in [-0.2, -0.15) is 0 Å². The highest BCUT2D eigenvalue weighted by atomic mass is 32.1. The lowest BCUT2D eigenvalue weighted by Gasteiger charge is -2.25. The van der Waals surface area contributed by atoms with Crippen LogP contribution in [0.5, 0.6) is 0 Å². The second kappa shape index (κ2) is 7.61. The number of hydrogen-bond acceptors (Lipinski definition) is 4. The molecule has 7 heteroatoms. The Labute approximate surface area is 157 Å². The summed E-state index contributed by atoms with van der Waals surface area (Å²) >= 11 is 1.62. The summed E-state index contributed by atoms with van der Waals surface area (Å²) in [6.45, 7) is 1.13. The normalized spacial score (nSPS) is 19.9. The first-order valence-corrected chi connectivity index (χ1v) is 10.2. The Morgan fingerprint density at radius 1 is 1.27 bits per heavy atom. The van der Waals surface area contributed by atoms with Crippen LogP contribution in [0.3, 0.4) is 0 Å². The second-order valence-electron chi connectivity index (χ2n) is 7.18. The van der Waals surface area contributed by atoms with E-state index in [1.165, 1.54) is 12.8 Å². The van der Waals surface area contributed by atoms with Crippen molar-refractivity contribution < 1.29 is 9.59 Å². The molecule has 4 rings (SSSR count). The van der Waals surface area contributed by atoms with Crippen LogP contribution in [0.1, 0.15) is 53.2 Å². The highest BCUT2D eigenvalue weighted by Gasteiger charge is 2.30. The molecule has 2 amide bonds. The first-order valence-electron chi connectivity index (χ1n) is 9.35. The Hall–Kier alpha value is -2.15. The van der Waals surface area contributed by atoms with Gasteiger partial charge < -0.3 is 15.2 Å². The van der Waals surface area contributed by atoms with Gasteiger partial charge in [0.25, 0.3) is 5.91 Å². The zero-order chi connectivity index (χ0) is 17.9. The lowest BCUT2D eigenvalue weighted by atomic mass is 9.95. The summed E-state index contributed by atoms with van der Waals surface area (Å²) in [4.78, 5) is 30.4. The van der Waals surface area contributed by atoms with Gasteiger partial charge in [-0.3, -0.25) is 9.59 Å². The van der Waals surface area contributed by atoms with Crippen molar-refractivity contribution in [1.29, 1.82) is 0 Å². The van der Waals surface area contributed by atoms with Gasteiger partial charge >= 0.3 is 0 Å². The van der Waals surface area contributed by atoms with Gasteiger partial charge in [-0.15, -0.1) is 11.3 Å². The Morgan fingerprint density at radius 2 is 2.12 bits per heavy atom. The molecule has 0 saturated heterocycles. The summed E-state index contributed by atoms with van der Waals surface area (Å²) in [5.41, 5.74) is 1.44. The quantitative estimate of drug-likeness (QED) is 0.847. The van der Waals surface area contributed by atoms with Crippen LogP contribution < -0.4 is 10.6 Å². The van der Waals surface area contributed by atoms with Crippen LogP contribution in [0.15, 0.2) is 23.8 Å². The van der Waals surface area contributed by atoms with Gasteiger partial charge in [0.1, 0.15) is 5.69 Å². The van der Waals surface area contributed by atoms with E-state index in [4.69, 9.17) is 0 Å². The maximum absolute atomic E-state index is 12.5. The second-order valence-corrected chi connectivity index (χ2v) is 8.21. The summed E-state index contributed by atoms with van der Waals surface area (Å²) in [6.07, 6.45) is 7.81. The van der Waals surface area contributed by atoms with Crippen LogP contribution in [-0.4, -0.2) is 27.4 Å². The van der Waals surface area contributed by atoms with Crippen molar-refractivity contribution in [2.75, 3.05) is 0 Å². The number of imidazole rings is 1. The van der Waals surface area contributed by atoms with Crippen molar-refractivity contribution in [2.45, 2.75) is 57.7 Å². The predicted molar refractivity (Wildman–Crippen MR) is 99.9 cm³/mol. The van der Waals surface area contributed by atoms with E-state index in [2.05, 4.69) is 15.6 Å². The maximum atomic E-state index is 12.5. The minimum Gasteiger partial charge on any atom is -0.353 e. The van der Waals surface area contributed by atoms with E-state index in [0.29, 0.717) is 31.2 Å². The molecule has 1 aliphatic heterocycles. The average Bonchev–Trinajstić information content (AvgIpc) is 3.40. The molecule has 2 aliphatic rings. The molecule has 2 aromatic heterocycles. The van der Waals surface area contributed by atoms with Crippen LogP contribution in [0.4, 0.5) is 0 Å². The van der Waals surface area contributed by atoms with E-state index < -0.39 is 0 Å². The Morgan fingerprint density at radius 3 is 2.88 bits per heavy atom. The first kappa shape index (κ1) is 17.3. The number of thiophene rings is 1. The van der Waals surface area contributed by atoms with E-state index in [1.807, 2.05) is 22.1 Å². The highest BCUT2D eigenvalue weighted by Crippen LogP contribution is 2.24. The molecule has 2 N–H and O–H groups in total. The van der Waals surface area contributed by atoms with Crippen LogP contribution >= 0.6 is 11.3 Å². The molecule has 1 aliphatic carbocycles. The summed E-state index contributed by atoms with van der Waals surface area (Å²) in [5, 5.41) is 8.13. The van der Waals surface area contributed by atoms with E-state index in [9.17, 15) is 9.59 Å². The summed E-state index contributed by atoms with van der Waals surface area (Å²) < 4.78 is 1.97. The van der Waals surface area contributed by atoms with E-state index in [-0.39, 0.29) is 17.7 Å². The molecule has 0 radical (unpaired) electrons. The average molecular weight is 372 g/mol. The lowest BCUT2D eigenvalue weighted by Crippen LogP contribution is -2.40. The zero-order valence-corrected chi connectivity index (χ0v) is 15.6. The number of rotatable bonds is 5. The van der Waals surface area contributed by atoms with E-state index in [1.54, 1.807) is 17.7 Å². The molecule has 3 heterocycles. The van der Waals surface area contributed by atoms with Crippen molar-refractivity contribution in [3.8, 4) is 0 Å². The van der Waals surface area contributed by atoms with Gasteiger partial charge in [0, 0.05) is 17.5 Å². The fourth-order valence-corrected chi connectivity index (χ4v) is 4.57. The molecule has 1 saturated carbocycles. The molecule has 1 fully saturated rings. The van der Waals surface area contributed by atoms with Crippen molar-refractivity contribution in [3.05, 3.63) is 40.1 Å². The smallest absolute Gasteiger partial charge is 0.272 e. The number of nitrogens with one attached hydrogen (secondary N) is 2. The number of fused-ring (bicyclic) bond motifs is 1. The predicted octanol–water partition coefficient (Wildman–Crippen LogP) is 2.50. The molecule has 0 aromatic carbocycles. The van der Waals surface area contributed by atoms with Gasteiger partial charge in [-0.1, -0.05) is 18.9 Å². The molecule has 1 atom stereocenters. The Kier molecular flexibility index (Phi) is 5.06. The van der Waals surface area contributed by atoms with Crippen molar-refractivity contribution in [1.82, 2.24) is 20.2 Å². The van der Waals surface area contributed by atoms with Gasteiger partial charge in [0.2, 0.25) is 5.91 Å². The van der Waals surface area contributed by atoms with Crippen molar-refractivity contribution in [3.63, 3.8) is 0 Å². The molecule has 2 aromatic rings. The number of hydrogen-bond donors (Lipinski definition) is 2. The third kappa shape index (κ3) is 3.67. The van der Waals surface area contributed by atoms with Gasteiger partial charge in [0.05, 0.1) is 24.5 Å². The van der Waals surface area contributed by atoms with Crippen molar-refractivity contribution >= 4 is 23.2 Å². The summed E-state index contributed by atoms with van der Waals surface area (Å²) in [5.74, 6) is -0.0136. The Balaban J connectivity index is 1.36. The van der Waals surface area contributed by atoms with Gasteiger partial charge in [0.15, 0.2) is 0 Å². The molecule has 138 valence electrons. The third-order valence-corrected chi connectivity index (χ3v) is 6.26. The minimum atomic E-state index is -0.138. The van der Waals surface area contributed by atoms with Gasteiger partial charge in [-0.25, -0.2) is 4.98 Å². The highest BCUT2D eigenvalue weighted by molar-refractivity contribution is 7.09. The standard InChI is InChI=1S/C19H24N4O2S/c24-18(22-14-4-1-2-5-14)13-7-8-16-17(21-12-23(16)11-13)19(25)20-10-15-6-3-9-26-15/h3,6,9,12-14H,1-2,4-5,7-8,10-11H2,(H,20,25)(H,22,24). The molecule has 1 unspecified atom stereocenters. The number of carbonyl (C=O) groups is 2. The SMILES string of the molecule is O=C(NCc1cccs1)c1ncn2c1CCC(C(=O)NC1CCCC1)C2. The minimum absolute atomic E-state index is 0.0284. The maximum Gasteiger partial charge on any atom is 0.272 e. The fraction of sp³-hybridized carbons (Fsp3) is 0.526. The molecule has 0 bridgehead atoms. The van der Waals surface area contributed by atoms with Crippen LogP contribution in [-0.2, 0) is 24.3 Å². The number of nitrogens with zero attached hydrogens (tertiary/aromatic N) is 2. The molecule has 0 spiro atoms. The van der Waals surface area contributed by atoms with Crippen molar-refractivity contribution in [2.24, 2.45) is 5.92 Å². The Bertz CT molecular complexity index is 778. The molecule has 26 heavy (non-hydrogen) atoms. The molecular weight excluding hydrogens is 348 g/mol. The van der Waals surface area contributed by atoms with Crippen LogP contribution in [0.2, 0.25) is 0 Å². The monoisotopic (exact) mass is 372 g/mol. The lowest BCUT2D eigenvalue weighted by molar-refractivity contribution is -0.126. The number of carbonyl (C=O) groups excluding carboxylic acids is 2. The fourth-order valence-electron chi connectivity index (χ4n) is 3.92. The molecular formula is C19H24N4O2S. The number of aromatic nitrogens is 2. The summed E-state index contributed by atoms with van der Waals surface area (Å²) in [7, 11) is 0. The summed E-state index contributed by atoms with van der Waals surface area (Å²) in [6, 6.07) is 4.33. The number of amides is 2. The van der Waals surface area contributed by atoms with E-state index in [0.717, 1.165) is 29.8 Å². The van der Waals surface area contributed by atoms with Gasteiger partial charge in [-0.05, 0) is 37.1 Å². The largest absolute Gasteiger partial charge is 0.353 e. The third-order valence-electron chi connectivity index (χ3n) is 5.38. The topological polar surface area (TPSA) is 76.0 Å². The van der Waals surface area contributed by atoms with Crippen LogP contribution in [0.25, 0.3) is 0 Å². The first-order chi connectivity index (χ1) is 12.7. The zero-order valence-electron chi connectivity index (χ0n) is 14.7. The van der Waals surface area contributed by atoms with Crippen LogP contribution in [0, 0.1) is 5.92 Å². The molecule has 6 nitrogen and oxygen atoms in total. The van der Waals surface area contributed by atoms with E-state index >= 15 is 0 Å².